The van der Waals surface area contributed by atoms with Crippen LogP contribution in [0.15, 0.2) is 77.3 Å². The molecule has 2 heterocycles. The van der Waals surface area contributed by atoms with E-state index >= 15 is 0 Å². The van der Waals surface area contributed by atoms with Crippen LogP contribution in [0.25, 0.3) is 0 Å². The Morgan fingerprint density at radius 3 is 2.63 bits per heavy atom. The highest BCUT2D eigenvalue weighted by Crippen LogP contribution is 2.29. The van der Waals surface area contributed by atoms with E-state index in [1.54, 1.807) is 11.8 Å². The molecule has 3 aromatic rings. The SMILES string of the molecule is C=CC(=O)Nc1ccc(Sc2nc(Cc3ccc(OCCN4CCOCC4)cc3)ncc2C)cc1. The van der Waals surface area contributed by atoms with E-state index in [-0.39, 0.29) is 5.91 Å². The third-order valence-corrected chi connectivity index (χ3v) is 6.68. The molecule has 1 aliphatic rings. The monoisotopic (exact) mass is 490 g/mol. The largest absolute Gasteiger partial charge is 0.492 e. The average Bonchev–Trinajstić information content (AvgIpc) is 2.89. The highest BCUT2D eigenvalue weighted by molar-refractivity contribution is 7.99. The highest BCUT2D eigenvalue weighted by atomic mass is 32.2. The third kappa shape index (κ3) is 7.65. The minimum absolute atomic E-state index is 0.228. The molecule has 2 aromatic carbocycles. The Hall–Kier alpha value is -3.20. The molecule has 8 heteroatoms. The number of hydrogen-bond donors (Lipinski definition) is 1. The summed E-state index contributed by atoms with van der Waals surface area (Å²) >= 11 is 1.58. The lowest BCUT2D eigenvalue weighted by atomic mass is 10.1. The van der Waals surface area contributed by atoms with Crippen molar-refractivity contribution in [2.75, 3.05) is 44.8 Å². The molecule has 1 N–H and O–H groups in total. The van der Waals surface area contributed by atoms with Gasteiger partial charge in [-0.3, -0.25) is 9.69 Å². The second-order valence-corrected chi connectivity index (χ2v) is 9.28. The number of benzene rings is 2. The van der Waals surface area contributed by atoms with Crippen molar-refractivity contribution in [1.82, 2.24) is 14.9 Å². The van der Waals surface area contributed by atoms with Crippen LogP contribution in [0.1, 0.15) is 17.0 Å². The Balaban J connectivity index is 1.31. The Morgan fingerprint density at radius 2 is 1.91 bits per heavy atom. The normalized spacial score (nSPS) is 13.9. The van der Waals surface area contributed by atoms with Gasteiger partial charge in [-0.15, -0.1) is 0 Å². The van der Waals surface area contributed by atoms with Crippen LogP contribution >= 0.6 is 11.8 Å². The smallest absolute Gasteiger partial charge is 0.247 e. The first-order chi connectivity index (χ1) is 17.1. The number of anilines is 1. The minimum atomic E-state index is -0.228. The van der Waals surface area contributed by atoms with Gasteiger partial charge in [0.2, 0.25) is 5.91 Å². The van der Waals surface area contributed by atoms with Crippen LogP contribution in [-0.2, 0) is 16.0 Å². The number of nitrogens with zero attached hydrogens (tertiary/aromatic N) is 3. The summed E-state index contributed by atoms with van der Waals surface area (Å²) in [5.41, 5.74) is 2.88. The van der Waals surface area contributed by atoms with Gasteiger partial charge in [-0.05, 0) is 60.5 Å². The van der Waals surface area contributed by atoms with E-state index in [0.717, 1.165) is 71.2 Å². The summed E-state index contributed by atoms with van der Waals surface area (Å²) in [4.78, 5) is 24.2. The van der Waals surface area contributed by atoms with Crippen LogP contribution in [0.2, 0.25) is 0 Å². The maximum atomic E-state index is 11.5. The summed E-state index contributed by atoms with van der Waals surface area (Å²) in [6.45, 7) is 10.6. The van der Waals surface area contributed by atoms with Crippen LogP contribution < -0.4 is 10.1 Å². The van der Waals surface area contributed by atoms with Gasteiger partial charge in [-0.1, -0.05) is 30.5 Å². The molecule has 0 aliphatic carbocycles. The van der Waals surface area contributed by atoms with Gasteiger partial charge in [-0.2, -0.15) is 0 Å². The number of amides is 1. The standard InChI is InChI=1S/C27H30N4O3S/c1-3-26(32)29-22-6-10-24(11-7-22)35-27-20(2)19-28-25(30-27)18-21-4-8-23(9-5-21)34-17-14-31-12-15-33-16-13-31/h3-11,19H,1,12-18H2,2H3,(H,29,32). The van der Waals surface area contributed by atoms with Crippen molar-refractivity contribution in [2.45, 2.75) is 23.3 Å². The van der Waals surface area contributed by atoms with E-state index in [9.17, 15) is 4.79 Å². The minimum Gasteiger partial charge on any atom is -0.492 e. The molecule has 0 bridgehead atoms. The first-order valence-electron chi connectivity index (χ1n) is 11.6. The fourth-order valence-corrected chi connectivity index (χ4v) is 4.42. The molecule has 1 aromatic heterocycles. The van der Waals surface area contributed by atoms with Crippen LogP contribution in [0.5, 0.6) is 5.75 Å². The molecule has 182 valence electrons. The number of carbonyl (C=O) groups is 1. The fraction of sp³-hybridized carbons (Fsp3) is 0.296. The molecule has 1 amide bonds. The van der Waals surface area contributed by atoms with E-state index < -0.39 is 0 Å². The topological polar surface area (TPSA) is 76.6 Å². The van der Waals surface area contributed by atoms with Gasteiger partial charge < -0.3 is 14.8 Å². The predicted molar refractivity (Wildman–Crippen MR) is 138 cm³/mol. The molecule has 1 saturated heterocycles. The first kappa shape index (κ1) is 24.9. The number of nitrogens with one attached hydrogen (secondary N) is 1. The zero-order valence-electron chi connectivity index (χ0n) is 19.9. The van der Waals surface area contributed by atoms with Crippen molar-refractivity contribution >= 4 is 23.4 Å². The number of ether oxygens (including phenoxy) is 2. The fourth-order valence-electron chi connectivity index (χ4n) is 3.56. The zero-order valence-corrected chi connectivity index (χ0v) is 20.7. The molecule has 7 nitrogen and oxygen atoms in total. The van der Waals surface area contributed by atoms with E-state index in [1.165, 1.54) is 6.08 Å². The molecule has 1 fully saturated rings. The van der Waals surface area contributed by atoms with Gasteiger partial charge in [0.05, 0.1) is 13.2 Å². The number of carbonyl (C=O) groups excluding carboxylic acids is 1. The zero-order chi connectivity index (χ0) is 24.5. The van der Waals surface area contributed by atoms with Crippen molar-refractivity contribution in [3.8, 4) is 5.75 Å². The molecule has 4 rings (SSSR count). The summed E-state index contributed by atoms with van der Waals surface area (Å²) in [7, 11) is 0. The van der Waals surface area contributed by atoms with Crippen molar-refractivity contribution < 1.29 is 14.3 Å². The average molecular weight is 491 g/mol. The van der Waals surface area contributed by atoms with Crippen LogP contribution in [0, 0.1) is 6.92 Å². The van der Waals surface area contributed by atoms with Crippen molar-refractivity contribution in [3.63, 3.8) is 0 Å². The van der Waals surface area contributed by atoms with Crippen molar-refractivity contribution in [1.29, 1.82) is 0 Å². The van der Waals surface area contributed by atoms with Gasteiger partial charge in [0.1, 0.15) is 23.2 Å². The summed E-state index contributed by atoms with van der Waals surface area (Å²) in [5, 5.41) is 3.67. The summed E-state index contributed by atoms with van der Waals surface area (Å²) in [5.74, 6) is 1.42. The van der Waals surface area contributed by atoms with Crippen LogP contribution in [0.4, 0.5) is 5.69 Å². The second-order valence-electron chi connectivity index (χ2n) is 8.22. The predicted octanol–water partition coefficient (Wildman–Crippen LogP) is 4.36. The van der Waals surface area contributed by atoms with E-state index in [0.29, 0.717) is 13.0 Å². The molecule has 0 spiro atoms. The van der Waals surface area contributed by atoms with Gasteiger partial charge in [0, 0.05) is 42.8 Å². The molecule has 0 unspecified atom stereocenters. The summed E-state index contributed by atoms with van der Waals surface area (Å²) in [6.07, 6.45) is 3.77. The molecular weight excluding hydrogens is 460 g/mol. The number of morpholine rings is 1. The van der Waals surface area contributed by atoms with E-state index in [4.69, 9.17) is 14.5 Å². The van der Waals surface area contributed by atoms with Crippen LogP contribution in [0.3, 0.4) is 0 Å². The lowest BCUT2D eigenvalue weighted by molar-refractivity contribution is -0.111. The number of rotatable bonds is 10. The van der Waals surface area contributed by atoms with E-state index in [2.05, 4.69) is 33.9 Å². The number of aryl methyl sites for hydroxylation is 1. The third-order valence-electron chi connectivity index (χ3n) is 5.56. The first-order valence-corrected chi connectivity index (χ1v) is 12.5. The van der Waals surface area contributed by atoms with Crippen molar-refractivity contribution in [3.05, 3.63) is 84.3 Å². The molecule has 35 heavy (non-hydrogen) atoms. The number of aromatic nitrogens is 2. The molecule has 0 radical (unpaired) electrons. The Kier molecular flexibility index (Phi) is 8.89. The molecule has 0 atom stereocenters. The quantitative estimate of drug-likeness (QED) is 0.334. The summed E-state index contributed by atoms with van der Waals surface area (Å²) < 4.78 is 11.3. The van der Waals surface area contributed by atoms with Gasteiger partial charge in [-0.25, -0.2) is 9.97 Å². The lowest BCUT2D eigenvalue weighted by Crippen LogP contribution is -2.38. The molecule has 1 aliphatic heterocycles. The maximum absolute atomic E-state index is 11.5. The Labute approximate surface area is 210 Å². The highest BCUT2D eigenvalue weighted by Gasteiger charge is 2.10. The van der Waals surface area contributed by atoms with Crippen molar-refractivity contribution in [2.24, 2.45) is 0 Å². The van der Waals surface area contributed by atoms with Gasteiger partial charge in [0.25, 0.3) is 0 Å². The summed E-state index contributed by atoms with van der Waals surface area (Å²) in [6, 6.07) is 15.8. The Morgan fingerprint density at radius 1 is 1.17 bits per heavy atom. The Bertz CT molecular complexity index is 1130. The molecule has 0 saturated carbocycles. The van der Waals surface area contributed by atoms with Gasteiger partial charge in [0.15, 0.2) is 0 Å². The maximum Gasteiger partial charge on any atom is 0.247 e. The molecular formula is C27H30N4O3S. The number of hydrogen-bond acceptors (Lipinski definition) is 7. The van der Waals surface area contributed by atoms with Gasteiger partial charge >= 0.3 is 0 Å². The van der Waals surface area contributed by atoms with E-state index in [1.807, 2.05) is 49.5 Å². The lowest BCUT2D eigenvalue weighted by Gasteiger charge is -2.26. The second kappa shape index (κ2) is 12.5. The van der Waals surface area contributed by atoms with Crippen LogP contribution in [-0.4, -0.2) is 60.2 Å².